The lowest BCUT2D eigenvalue weighted by atomic mass is 9.84. The van der Waals surface area contributed by atoms with Crippen LogP contribution < -0.4 is 15.8 Å². The van der Waals surface area contributed by atoms with Crippen LogP contribution in [-0.2, 0) is 20.1 Å². The molecule has 1 amide bonds. The van der Waals surface area contributed by atoms with Gasteiger partial charge in [-0.2, -0.15) is 0 Å². The Hall–Kier alpha value is -2.36. The molecule has 2 aliphatic heterocycles. The number of aliphatic imine (C=N–C) groups is 1. The van der Waals surface area contributed by atoms with Gasteiger partial charge in [0.2, 0.25) is 5.00 Å². The summed E-state index contributed by atoms with van der Waals surface area (Å²) >= 11 is 0. The second-order valence-electron chi connectivity index (χ2n) is 9.26. The predicted molar refractivity (Wildman–Crippen MR) is 112 cm³/mol. The van der Waals surface area contributed by atoms with E-state index in [4.69, 9.17) is 15.2 Å². The first-order chi connectivity index (χ1) is 13.6. The Bertz CT molecular complexity index is 1030. The molecule has 0 fully saturated rings. The number of nitrogens with two attached hydrogens (primary N) is 1. The third kappa shape index (κ3) is 3.12. The number of carbonyl (C=O) groups is 1. The second kappa shape index (κ2) is 6.57. The van der Waals surface area contributed by atoms with Crippen molar-refractivity contribution in [3.05, 3.63) is 23.8 Å². The number of hydrogen-bond acceptors (Lipinski definition) is 7. The number of nitrogen functional groups attached to an aromatic ring is 1. The smallest absolute Gasteiger partial charge is 0.413 e. The van der Waals surface area contributed by atoms with E-state index in [1.54, 1.807) is 32.9 Å². The normalized spacial score (nSPS) is 29.4. The molecule has 0 aliphatic carbocycles. The molecule has 1 aromatic carbocycles. The minimum absolute atomic E-state index is 0.150. The van der Waals surface area contributed by atoms with Crippen molar-refractivity contribution in [2.75, 3.05) is 12.3 Å². The molecule has 0 spiro atoms. The lowest BCUT2D eigenvalue weighted by Crippen LogP contribution is -2.66. The molecule has 2 heterocycles. The molecule has 3 N–H and O–H groups in total. The van der Waals surface area contributed by atoms with Crippen molar-refractivity contribution in [1.82, 2.24) is 5.32 Å². The lowest BCUT2D eigenvalue weighted by Gasteiger charge is -2.47. The maximum absolute atomic E-state index is 16.6. The van der Waals surface area contributed by atoms with Crippen LogP contribution in [0.15, 0.2) is 23.2 Å². The lowest BCUT2D eigenvalue weighted by molar-refractivity contribution is 0.0558. The monoisotopic (exact) mass is 441 g/mol. The molecule has 1 aromatic rings. The summed E-state index contributed by atoms with van der Waals surface area (Å²) in [4.78, 5) is 16.9. The van der Waals surface area contributed by atoms with E-state index in [2.05, 4.69) is 10.3 Å². The Morgan fingerprint density at radius 1 is 1.30 bits per heavy atom. The molecule has 8 nitrogen and oxygen atoms in total. The molecule has 0 saturated heterocycles. The Morgan fingerprint density at radius 2 is 1.93 bits per heavy atom. The summed E-state index contributed by atoms with van der Waals surface area (Å²) in [5.41, 5.74) is 3.70. The third-order valence-electron chi connectivity index (χ3n) is 5.56. The van der Waals surface area contributed by atoms with Gasteiger partial charge in [0, 0.05) is 17.7 Å². The molecular formula is C20H28FN3O5S. The fourth-order valence-electron chi connectivity index (χ4n) is 3.80. The van der Waals surface area contributed by atoms with Crippen LogP contribution in [0.5, 0.6) is 5.75 Å². The van der Waals surface area contributed by atoms with E-state index in [-0.39, 0.29) is 18.0 Å². The van der Waals surface area contributed by atoms with Gasteiger partial charge in [0.1, 0.15) is 27.5 Å². The maximum Gasteiger partial charge on any atom is 0.413 e. The van der Waals surface area contributed by atoms with Gasteiger partial charge in [-0.3, -0.25) is 10.3 Å². The average Bonchev–Trinajstić information content (AvgIpc) is 2.69. The zero-order valence-corrected chi connectivity index (χ0v) is 18.8. The highest BCUT2D eigenvalue weighted by Gasteiger charge is 2.69. The summed E-state index contributed by atoms with van der Waals surface area (Å²) in [6.07, 6.45) is -1.30. The molecule has 10 heteroatoms. The number of amides is 1. The number of fused-ring (bicyclic) bond motifs is 3. The first-order valence-corrected chi connectivity index (χ1v) is 11.1. The Kier molecular flexibility index (Phi) is 4.89. The number of rotatable bonds is 0. The standard InChI is InChI=1S/C20H28FN3O5S/c1-17(2,3)29-16(25)23-15-18(4,5)30(26,27)20(21)9-10-28-14-8-7-12(22)11-13(14)19(20,6)24-15/h7-8,11H,9-10,22H2,1-6H3,(H,23,24,25)/t19-,20-/m1/s1. The number of sulfone groups is 1. The molecule has 166 valence electrons. The summed E-state index contributed by atoms with van der Waals surface area (Å²) in [7, 11) is -4.53. The minimum atomic E-state index is -4.53. The van der Waals surface area contributed by atoms with Gasteiger partial charge in [-0.25, -0.2) is 17.6 Å². The van der Waals surface area contributed by atoms with Crippen LogP contribution in [0.2, 0.25) is 0 Å². The molecule has 0 radical (unpaired) electrons. The highest BCUT2D eigenvalue weighted by molar-refractivity contribution is 7.94. The second-order valence-corrected chi connectivity index (χ2v) is 11.9. The van der Waals surface area contributed by atoms with Gasteiger partial charge in [-0.05, 0) is 59.7 Å². The zero-order valence-electron chi connectivity index (χ0n) is 18.0. The molecule has 0 aromatic heterocycles. The van der Waals surface area contributed by atoms with Gasteiger partial charge < -0.3 is 15.2 Å². The van der Waals surface area contributed by atoms with Crippen LogP contribution in [0.3, 0.4) is 0 Å². The average molecular weight is 442 g/mol. The molecular weight excluding hydrogens is 413 g/mol. The number of halogens is 1. The molecule has 0 unspecified atom stereocenters. The minimum Gasteiger partial charge on any atom is -0.493 e. The number of carbonyl (C=O) groups excluding carboxylic acids is 1. The maximum atomic E-state index is 16.6. The van der Waals surface area contributed by atoms with Crippen LogP contribution in [-0.4, -0.2) is 42.3 Å². The summed E-state index contributed by atoms with van der Waals surface area (Å²) < 4.78 is 52.8. The SMILES string of the molecule is CC(C)(C)OC(=O)NC1=N[C@]2(C)c3cc(N)ccc3OCC[C@@]2(F)S(=O)(=O)C1(C)C. The quantitative estimate of drug-likeness (QED) is 0.597. The van der Waals surface area contributed by atoms with E-state index in [9.17, 15) is 13.2 Å². The highest BCUT2D eigenvalue weighted by atomic mass is 32.2. The number of nitrogens with one attached hydrogen (secondary N) is 1. The molecule has 3 rings (SSSR count). The number of alkyl halides is 1. The fourth-order valence-corrected chi connectivity index (χ4v) is 5.99. The van der Waals surface area contributed by atoms with Crippen molar-refractivity contribution in [2.24, 2.45) is 4.99 Å². The van der Waals surface area contributed by atoms with E-state index < -0.39 is 43.2 Å². The number of alkyl carbamates (subject to hydrolysis) is 1. The number of amidine groups is 1. The number of benzene rings is 1. The molecule has 30 heavy (non-hydrogen) atoms. The van der Waals surface area contributed by atoms with Gasteiger partial charge in [-0.1, -0.05) is 0 Å². The van der Waals surface area contributed by atoms with Gasteiger partial charge in [-0.15, -0.1) is 0 Å². The van der Waals surface area contributed by atoms with Crippen LogP contribution in [0.4, 0.5) is 14.9 Å². The summed E-state index contributed by atoms with van der Waals surface area (Å²) in [6, 6.07) is 4.60. The predicted octanol–water partition coefficient (Wildman–Crippen LogP) is 3.06. The molecule has 2 atom stereocenters. The topological polar surface area (TPSA) is 120 Å². The van der Waals surface area contributed by atoms with Crippen molar-refractivity contribution >= 4 is 27.5 Å². The van der Waals surface area contributed by atoms with E-state index in [0.717, 1.165) is 0 Å². The first-order valence-electron chi connectivity index (χ1n) is 9.61. The van der Waals surface area contributed by atoms with Crippen molar-refractivity contribution in [2.45, 2.75) is 68.9 Å². The first kappa shape index (κ1) is 22.3. The van der Waals surface area contributed by atoms with E-state index in [1.807, 2.05) is 0 Å². The third-order valence-corrected chi connectivity index (χ3v) is 8.55. The van der Waals surface area contributed by atoms with Gasteiger partial charge in [0.05, 0.1) is 6.61 Å². The van der Waals surface area contributed by atoms with Gasteiger partial charge >= 0.3 is 6.09 Å². The van der Waals surface area contributed by atoms with E-state index in [1.165, 1.54) is 26.8 Å². The van der Waals surface area contributed by atoms with Crippen molar-refractivity contribution < 1.29 is 27.1 Å². The number of ether oxygens (including phenoxy) is 2. The Morgan fingerprint density at radius 3 is 2.53 bits per heavy atom. The van der Waals surface area contributed by atoms with Crippen molar-refractivity contribution in [1.29, 1.82) is 0 Å². The molecule has 0 saturated carbocycles. The Labute approximate surface area is 175 Å². The number of nitrogens with zero attached hydrogens (tertiary/aromatic N) is 1. The summed E-state index contributed by atoms with van der Waals surface area (Å²) in [6.45, 7) is 8.87. The van der Waals surface area contributed by atoms with Crippen molar-refractivity contribution in [3.8, 4) is 5.75 Å². The van der Waals surface area contributed by atoms with Crippen LogP contribution in [0.25, 0.3) is 0 Å². The largest absolute Gasteiger partial charge is 0.493 e. The van der Waals surface area contributed by atoms with Crippen LogP contribution in [0.1, 0.15) is 53.5 Å². The van der Waals surface area contributed by atoms with Gasteiger partial charge in [0.25, 0.3) is 0 Å². The molecule has 2 aliphatic rings. The number of hydrogen-bond donors (Lipinski definition) is 2. The van der Waals surface area contributed by atoms with Gasteiger partial charge in [0.15, 0.2) is 9.84 Å². The van der Waals surface area contributed by atoms with Crippen molar-refractivity contribution in [3.63, 3.8) is 0 Å². The summed E-state index contributed by atoms with van der Waals surface area (Å²) in [5.74, 6) is 0.0873. The summed E-state index contributed by atoms with van der Waals surface area (Å²) in [5, 5.41) is -0.343. The molecule has 0 bridgehead atoms. The van der Waals surface area contributed by atoms with Crippen LogP contribution in [0, 0.1) is 0 Å². The van der Waals surface area contributed by atoms with E-state index >= 15 is 4.39 Å². The Balaban J connectivity index is 2.26. The van der Waals surface area contributed by atoms with Crippen LogP contribution >= 0.6 is 0 Å². The highest BCUT2D eigenvalue weighted by Crippen LogP contribution is 2.56. The van der Waals surface area contributed by atoms with E-state index in [0.29, 0.717) is 11.4 Å². The number of anilines is 1. The zero-order chi connectivity index (χ0) is 22.8. The fraction of sp³-hybridized carbons (Fsp3) is 0.600.